The highest BCUT2D eigenvalue weighted by molar-refractivity contribution is 6.32. The minimum atomic E-state index is -0.508. The van der Waals surface area contributed by atoms with Crippen LogP contribution >= 0.6 is 11.6 Å². The molecule has 2 aromatic heterocycles. The Kier molecular flexibility index (Phi) is 5.40. The van der Waals surface area contributed by atoms with E-state index < -0.39 is 5.56 Å². The Morgan fingerprint density at radius 2 is 2.17 bits per heavy atom. The van der Waals surface area contributed by atoms with Gasteiger partial charge < -0.3 is 9.72 Å². The van der Waals surface area contributed by atoms with Gasteiger partial charge in [-0.3, -0.25) is 10.2 Å². The second kappa shape index (κ2) is 7.31. The number of aryl methyl sites for hydroxylation is 1. The van der Waals surface area contributed by atoms with Crippen molar-refractivity contribution in [2.24, 2.45) is 5.10 Å². The van der Waals surface area contributed by atoms with Gasteiger partial charge in [-0.2, -0.15) is 10.2 Å². The Bertz CT molecular complexity index is 853. The maximum Gasteiger partial charge on any atom is 0.340 e. The summed E-state index contributed by atoms with van der Waals surface area (Å²) in [4.78, 5) is 26.5. The van der Waals surface area contributed by atoms with Crippen LogP contribution in [0.3, 0.4) is 0 Å². The van der Waals surface area contributed by atoms with Gasteiger partial charge in [-0.15, -0.1) is 0 Å². The smallest absolute Gasteiger partial charge is 0.340 e. The van der Waals surface area contributed by atoms with Crippen molar-refractivity contribution in [2.45, 2.75) is 27.7 Å². The Labute approximate surface area is 143 Å². The fourth-order valence-electron chi connectivity index (χ4n) is 2.28. The number of carbonyl (C=O) groups excluding carboxylic acids is 1. The lowest BCUT2D eigenvalue weighted by molar-refractivity contribution is 0.0525. The summed E-state index contributed by atoms with van der Waals surface area (Å²) in [6.45, 7) is 7.43. The molecule has 0 aliphatic heterocycles. The average Bonchev–Trinajstić information content (AvgIpc) is 2.83. The summed E-state index contributed by atoms with van der Waals surface area (Å²) in [5.74, 6) is -0.377. The Morgan fingerprint density at radius 1 is 1.46 bits per heavy atom. The summed E-state index contributed by atoms with van der Waals surface area (Å²) in [6.07, 6.45) is 1.36. The predicted octanol–water partition coefficient (Wildman–Crippen LogP) is 2.38. The molecule has 2 aromatic rings. The summed E-state index contributed by atoms with van der Waals surface area (Å²) in [5.41, 5.74) is 5.69. The van der Waals surface area contributed by atoms with Gasteiger partial charge >= 0.3 is 5.97 Å². The molecule has 0 radical (unpaired) electrons. The van der Waals surface area contributed by atoms with E-state index in [-0.39, 0.29) is 16.7 Å². The first kappa shape index (κ1) is 17.7. The number of hydrogen-bond acceptors (Lipinski definition) is 6. The van der Waals surface area contributed by atoms with Crippen molar-refractivity contribution in [1.29, 1.82) is 0 Å². The van der Waals surface area contributed by atoms with E-state index in [0.717, 1.165) is 5.56 Å². The first-order valence-electron chi connectivity index (χ1n) is 7.26. The van der Waals surface area contributed by atoms with Crippen molar-refractivity contribution in [2.75, 3.05) is 12.0 Å². The van der Waals surface area contributed by atoms with Crippen molar-refractivity contribution in [1.82, 2.24) is 15.2 Å². The van der Waals surface area contributed by atoms with Crippen LogP contribution in [0.1, 0.15) is 41.2 Å². The molecule has 0 saturated heterocycles. The quantitative estimate of drug-likeness (QED) is 0.435. The van der Waals surface area contributed by atoms with Gasteiger partial charge in [0, 0.05) is 5.69 Å². The van der Waals surface area contributed by atoms with E-state index in [4.69, 9.17) is 16.3 Å². The molecule has 3 N–H and O–H groups in total. The molecule has 0 saturated carbocycles. The number of nitrogens with zero attached hydrogens (tertiary/aromatic N) is 2. The number of rotatable bonds is 5. The van der Waals surface area contributed by atoms with E-state index in [0.29, 0.717) is 29.3 Å². The highest BCUT2D eigenvalue weighted by Gasteiger charge is 2.20. The number of H-pyrrole nitrogens is 2. The third-order valence-electron chi connectivity index (χ3n) is 3.42. The predicted molar refractivity (Wildman–Crippen MR) is 91.9 cm³/mol. The molecule has 0 atom stereocenters. The van der Waals surface area contributed by atoms with Gasteiger partial charge in [0.15, 0.2) is 0 Å². The Balaban J connectivity index is 2.31. The van der Waals surface area contributed by atoms with E-state index in [1.807, 2.05) is 6.92 Å². The van der Waals surface area contributed by atoms with Gasteiger partial charge in [0.05, 0.1) is 29.8 Å². The summed E-state index contributed by atoms with van der Waals surface area (Å²) < 4.78 is 5.06. The standard InChI is InChI=1S/C15H18ClN5O3/c1-5-24-15(23)11-7(2)13(18-8(11)3)9(4)19-20-10-6-17-21-14(22)12(10)16/h6,18H,5H2,1-4H3,(H2,20,21,22)/b19-9+. The Morgan fingerprint density at radius 3 is 2.83 bits per heavy atom. The zero-order chi connectivity index (χ0) is 17.9. The van der Waals surface area contributed by atoms with E-state index in [1.54, 1.807) is 20.8 Å². The number of anilines is 1. The van der Waals surface area contributed by atoms with Crippen LogP contribution in [-0.2, 0) is 4.74 Å². The van der Waals surface area contributed by atoms with Gasteiger partial charge in [-0.1, -0.05) is 11.6 Å². The Hall–Kier alpha value is -2.61. The summed E-state index contributed by atoms with van der Waals surface area (Å²) in [5, 5.41) is 10.0. The third-order valence-corrected chi connectivity index (χ3v) is 3.79. The molecule has 128 valence electrons. The molecule has 0 unspecified atom stereocenters. The zero-order valence-electron chi connectivity index (χ0n) is 13.8. The van der Waals surface area contributed by atoms with E-state index in [9.17, 15) is 9.59 Å². The van der Waals surface area contributed by atoms with Crippen molar-refractivity contribution in [3.8, 4) is 0 Å². The van der Waals surface area contributed by atoms with Crippen LogP contribution in [0.4, 0.5) is 5.69 Å². The maximum atomic E-state index is 12.0. The van der Waals surface area contributed by atoms with Crippen LogP contribution < -0.4 is 11.0 Å². The SMILES string of the molecule is CCOC(=O)c1c(C)[nH]c(/C(C)=N/Nc2cn[nH]c(=O)c2Cl)c1C. The molecule has 0 aliphatic carbocycles. The van der Waals surface area contributed by atoms with Crippen LogP contribution in [0, 0.1) is 13.8 Å². The first-order chi connectivity index (χ1) is 11.4. The van der Waals surface area contributed by atoms with Crippen molar-refractivity contribution in [3.05, 3.63) is 44.1 Å². The lowest BCUT2D eigenvalue weighted by Gasteiger charge is -2.05. The van der Waals surface area contributed by atoms with E-state index in [1.165, 1.54) is 6.20 Å². The lowest BCUT2D eigenvalue weighted by Crippen LogP contribution is -2.11. The van der Waals surface area contributed by atoms with Gasteiger partial charge in [0.1, 0.15) is 10.7 Å². The van der Waals surface area contributed by atoms with Crippen LogP contribution in [0.25, 0.3) is 0 Å². The molecule has 9 heteroatoms. The summed E-state index contributed by atoms with van der Waals surface area (Å²) >= 11 is 5.88. The molecule has 24 heavy (non-hydrogen) atoms. The summed E-state index contributed by atoms with van der Waals surface area (Å²) in [6, 6.07) is 0. The normalized spacial score (nSPS) is 11.5. The molecule has 0 amide bonds. The molecule has 0 aromatic carbocycles. The molecular weight excluding hydrogens is 334 g/mol. The molecule has 8 nitrogen and oxygen atoms in total. The number of esters is 1. The number of halogens is 1. The largest absolute Gasteiger partial charge is 0.462 e. The van der Waals surface area contributed by atoms with E-state index in [2.05, 4.69) is 25.7 Å². The molecule has 2 rings (SSSR count). The number of aromatic amines is 2. The number of hydrazone groups is 1. The minimum absolute atomic E-state index is 0.0341. The third kappa shape index (κ3) is 3.48. The molecule has 0 aliphatic rings. The average molecular weight is 352 g/mol. The van der Waals surface area contributed by atoms with Crippen LogP contribution in [0.15, 0.2) is 16.1 Å². The summed E-state index contributed by atoms with van der Waals surface area (Å²) in [7, 11) is 0. The minimum Gasteiger partial charge on any atom is -0.462 e. The topological polar surface area (TPSA) is 112 Å². The van der Waals surface area contributed by atoms with Crippen molar-refractivity contribution in [3.63, 3.8) is 0 Å². The van der Waals surface area contributed by atoms with Crippen molar-refractivity contribution >= 4 is 29.0 Å². The first-order valence-corrected chi connectivity index (χ1v) is 7.64. The number of hydrogen-bond donors (Lipinski definition) is 3. The number of ether oxygens (including phenoxy) is 1. The van der Waals surface area contributed by atoms with Crippen molar-refractivity contribution < 1.29 is 9.53 Å². The van der Waals surface area contributed by atoms with Crippen LogP contribution in [-0.4, -0.2) is 33.5 Å². The van der Waals surface area contributed by atoms with E-state index >= 15 is 0 Å². The van der Waals surface area contributed by atoms with Gasteiger partial charge in [0.25, 0.3) is 5.56 Å². The van der Waals surface area contributed by atoms with Crippen LogP contribution in [0.2, 0.25) is 5.02 Å². The maximum absolute atomic E-state index is 12.0. The monoisotopic (exact) mass is 351 g/mol. The second-order valence-electron chi connectivity index (χ2n) is 5.08. The fraction of sp³-hybridized carbons (Fsp3) is 0.333. The van der Waals surface area contributed by atoms with Gasteiger partial charge in [-0.25, -0.2) is 9.89 Å². The lowest BCUT2D eigenvalue weighted by atomic mass is 10.1. The van der Waals surface area contributed by atoms with Gasteiger partial charge in [-0.05, 0) is 33.3 Å². The van der Waals surface area contributed by atoms with Crippen LogP contribution in [0.5, 0.6) is 0 Å². The zero-order valence-corrected chi connectivity index (χ0v) is 14.5. The van der Waals surface area contributed by atoms with Gasteiger partial charge in [0.2, 0.25) is 0 Å². The second-order valence-corrected chi connectivity index (χ2v) is 5.46. The number of carbonyl (C=O) groups is 1. The fourth-order valence-corrected chi connectivity index (χ4v) is 2.42. The molecule has 0 spiro atoms. The number of aromatic nitrogens is 3. The molecule has 2 heterocycles. The highest BCUT2D eigenvalue weighted by Crippen LogP contribution is 2.20. The number of nitrogens with one attached hydrogen (secondary N) is 3. The molecular formula is C15H18ClN5O3. The highest BCUT2D eigenvalue weighted by atomic mass is 35.5. The molecule has 0 fully saturated rings. The molecule has 0 bridgehead atoms.